The van der Waals surface area contributed by atoms with Gasteiger partial charge in [-0.05, 0) is 26.0 Å². The highest BCUT2D eigenvalue weighted by Gasteiger charge is 2.17. The monoisotopic (exact) mass is 279 g/mol. The molecular weight excluding hydrogens is 266 g/mol. The average Bonchev–Trinajstić information content (AvgIpc) is 2.28. The molecule has 1 aromatic rings. The number of hydrogen-bond donors (Lipinski definition) is 2. The molecule has 1 aromatic carbocycles. The van der Waals surface area contributed by atoms with Gasteiger partial charge in [-0.3, -0.25) is 0 Å². The largest absolute Gasteiger partial charge is 0.332 e. The quantitative estimate of drug-likeness (QED) is 0.817. The third-order valence-corrected chi connectivity index (χ3v) is 3.50. The summed E-state index contributed by atoms with van der Waals surface area (Å²) in [5.41, 5.74) is 1.16. The number of allylic oxidation sites excluding steroid dienone is 2. The van der Waals surface area contributed by atoms with Gasteiger partial charge in [0.25, 0.3) is 10.0 Å². The highest BCUT2D eigenvalue weighted by Crippen LogP contribution is 2.09. The van der Waals surface area contributed by atoms with Gasteiger partial charge in [0.2, 0.25) is 0 Å². The molecule has 19 heavy (non-hydrogen) atoms. The van der Waals surface area contributed by atoms with Gasteiger partial charge in [-0.15, -0.1) is 0 Å². The lowest BCUT2D eigenvalue weighted by Crippen LogP contribution is -2.38. The number of nitriles is 1. The summed E-state index contributed by atoms with van der Waals surface area (Å²) in [4.78, 5) is 11.4. The van der Waals surface area contributed by atoms with Crippen LogP contribution in [-0.4, -0.2) is 14.4 Å². The molecule has 100 valence electrons. The van der Waals surface area contributed by atoms with E-state index in [9.17, 15) is 13.2 Å². The Morgan fingerprint density at radius 2 is 1.89 bits per heavy atom. The predicted octanol–water partition coefficient (Wildman–Crippen LogP) is 1.41. The first-order valence-corrected chi connectivity index (χ1v) is 6.80. The Labute approximate surface area is 111 Å². The zero-order valence-electron chi connectivity index (χ0n) is 10.5. The summed E-state index contributed by atoms with van der Waals surface area (Å²) in [5, 5.41) is 10.6. The molecule has 0 saturated carbocycles. The van der Waals surface area contributed by atoms with Crippen molar-refractivity contribution in [1.82, 2.24) is 10.0 Å². The summed E-state index contributed by atoms with van der Waals surface area (Å²) >= 11 is 0. The maximum atomic E-state index is 11.8. The molecule has 0 saturated heterocycles. The van der Waals surface area contributed by atoms with Crippen molar-refractivity contribution < 1.29 is 13.2 Å². The molecule has 1 rings (SSSR count). The fourth-order valence-corrected chi connectivity index (χ4v) is 2.14. The molecule has 0 atom stereocenters. The molecule has 0 aliphatic rings. The van der Waals surface area contributed by atoms with E-state index in [1.165, 1.54) is 19.1 Å². The number of nitrogens with one attached hydrogen (secondary N) is 2. The molecule has 0 aliphatic heterocycles. The molecule has 2 N–H and O–H groups in total. The number of carbonyl (C=O) groups excluding carboxylic acids is 1. The molecule has 0 bridgehead atoms. The Kier molecular flexibility index (Phi) is 4.67. The molecule has 0 aliphatic carbocycles. The molecule has 2 amide bonds. The van der Waals surface area contributed by atoms with E-state index in [0.29, 0.717) is 0 Å². The Morgan fingerprint density at radius 3 is 2.42 bits per heavy atom. The molecule has 0 fully saturated rings. The Morgan fingerprint density at radius 1 is 1.32 bits per heavy atom. The summed E-state index contributed by atoms with van der Waals surface area (Å²) in [6.45, 7) is 3.30. The van der Waals surface area contributed by atoms with Crippen LogP contribution in [0, 0.1) is 18.3 Å². The van der Waals surface area contributed by atoms with E-state index in [1.807, 2.05) is 11.6 Å². The normalized spacial score (nSPS) is 11.5. The van der Waals surface area contributed by atoms with Crippen LogP contribution in [0.3, 0.4) is 0 Å². The summed E-state index contributed by atoms with van der Waals surface area (Å²) in [5.74, 6) is 0. The van der Waals surface area contributed by atoms with Crippen LogP contribution in [0.15, 0.2) is 40.9 Å². The fourth-order valence-electron chi connectivity index (χ4n) is 1.24. The molecule has 0 aromatic heterocycles. The van der Waals surface area contributed by atoms with Gasteiger partial charge in [0, 0.05) is 11.8 Å². The van der Waals surface area contributed by atoms with Crippen molar-refractivity contribution in [3.63, 3.8) is 0 Å². The van der Waals surface area contributed by atoms with E-state index in [2.05, 4.69) is 5.32 Å². The maximum Gasteiger partial charge on any atom is 0.332 e. The van der Waals surface area contributed by atoms with Crippen LogP contribution in [0.4, 0.5) is 4.79 Å². The van der Waals surface area contributed by atoms with Gasteiger partial charge in [-0.1, -0.05) is 17.7 Å². The molecule has 0 spiro atoms. The maximum absolute atomic E-state index is 11.8. The number of hydrogen-bond acceptors (Lipinski definition) is 4. The SMILES string of the molecule is C/C(=C\C#N)NC(=O)NS(=O)(=O)c1ccc(C)cc1. The molecule has 0 heterocycles. The molecule has 0 unspecified atom stereocenters. The topological polar surface area (TPSA) is 99.1 Å². The third kappa shape index (κ3) is 4.44. The number of rotatable bonds is 3. The lowest BCUT2D eigenvalue weighted by atomic mass is 10.2. The van der Waals surface area contributed by atoms with Crippen LogP contribution < -0.4 is 10.0 Å². The van der Waals surface area contributed by atoms with Crippen molar-refractivity contribution in [2.75, 3.05) is 0 Å². The molecular formula is C12H13N3O3S. The third-order valence-electron chi connectivity index (χ3n) is 2.15. The van der Waals surface area contributed by atoms with Gasteiger partial charge in [0.05, 0.1) is 11.0 Å². The van der Waals surface area contributed by atoms with Gasteiger partial charge >= 0.3 is 6.03 Å². The molecule has 0 radical (unpaired) electrons. The van der Waals surface area contributed by atoms with Crippen molar-refractivity contribution in [2.24, 2.45) is 0 Å². The smallest absolute Gasteiger partial charge is 0.311 e. The number of benzene rings is 1. The first-order valence-electron chi connectivity index (χ1n) is 5.32. The lowest BCUT2D eigenvalue weighted by molar-refractivity contribution is 0.248. The van der Waals surface area contributed by atoms with E-state index >= 15 is 0 Å². The van der Waals surface area contributed by atoms with Gasteiger partial charge in [-0.25, -0.2) is 17.9 Å². The first kappa shape index (κ1) is 14.7. The number of nitrogens with zero attached hydrogens (tertiary/aromatic N) is 1. The second-order valence-electron chi connectivity index (χ2n) is 3.83. The van der Waals surface area contributed by atoms with Gasteiger partial charge in [0.15, 0.2) is 0 Å². The summed E-state index contributed by atoms with van der Waals surface area (Å²) in [6.07, 6.45) is 1.10. The second-order valence-corrected chi connectivity index (χ2v) is 5.51. The Bertz CT molecular complexity index is 640. The summed E-state index contributed by atoms with van der Waals surface area (Å²) in [6, 6.07) is 6.88. The standard InChI is InChI=1S/C12H13N3O3S/c1-9-3-5-11(6-4-9)19(17,18)15-12(16)14-10(2)7-8-13/h3-7H,1-2H3,(H2,14,15,16)/b10-7+. The minimum atomic E-state index is -3.91. The second kappa shape index (κ2) is 6.02. The Hall–Kier alpha value is -2.33. The van der Waals surface area contributed by atoms with Gasteiger partial charge in [-0.2, -0.15) is 5.26 Å². The molecule has 7 heteroatoms. The minimum Gasteiger partial charge on any atom is -0.311 e. The molecule has 6 nitrogen and oxygen atoms in total. The van der Waals surface area contributed by atoms with Crippen LogP contribution in [0.1, 0.15) is 12.5 Å². The zero-order valence-corrected chi connectivity index (χ0v) is 11.3. The average molecular weight is 279 g/mol. The summed E-state index contributed by atoms with van der Waals surface area (Å²) in [7, 11) is -3.91. The van der Waals surface area contributed by atoms with Crippen molar-refractivity contribution in [1.29, 1.82) is 5.26 Å². The predicted molar refractivity (Wildman–Crippen MR) is 69.4 cm³/mol. The summed E-state index contributed by atoms with van der Waals surface area (Å²) < 4.78 is 25.5. The zero-order chi connectivity index (χ0) is 14.5. The number of sulfonamides is 1. The first-order chi connectivity index (χ1) is 8.85. The van der Waals surface area contributed by atoms with Crippen molar-refractivity contribution in [3.05, 3.63) is 41.6 Å². The van der Waals surface area contributed by atoms with Crippen molar-refractivity contribution >= 4 is 16.1 Å². The van der Waals surface area contributed by atoms with Crippen LogP contribution >= 0.6 is 0 Å². The van der Waals surface area contributed by atoms with Crippen LogP contribution in [0.2, 0.25) is 0 Å². The highest BCUT2D eigenvalue weighted by atomic mass is 32.2. The van der Waals surface area contributed by atoms with E-state index in [0.717, 1.165) is 11.6 Å². The fraction of sp³-hybridized carbons (Fsp3) is 0.167. The van der Waals surface area contributed by atoms with E-state index in [1.54, 1.807) is 18.2 Å². The van der Waals surface area contributed by atoms with E-state index in [4.69, 9.17) is 5.26 Å². The van der Waals surface area contributed by atoms with Gasteiger partial charge in [0.1, 0.15) is 0 Å². The number of aryl methyl sites for hydroxylation is 1. The highest BCUT2D eigenvalue weighted by molar-refractivity contribution is 7.90. The van der Waals surface area contributed by atoms with E-state index in [-0.39, 0.29) is 10.6 Å². The number of urea groups is 1. The van der Waals surface area contributed by atoms with Crippen molar-refractivity contribution in [3.8, 4) is 6.07 Å². The van der Waals surface area contributed by atoms with Crippen LogP contribution in [0.5, 0.6) is 0 Å². The van der Waals surface area contributed by atoms with Crippen LogP contribution in [-0.2, 0) is 10.0 Å². The number of carbonyl (C=O) groups is 1. The Balaban J connectivity index is 2.81. The number of amides is 2. The van der Waals surface area contributed by atoms with E-state index < -0.39 is 16.1 Å². The minimum absolute atomic E-state index is 0.00448. The van der Waals surface area contributed by atoms with Crippen molar-refractivity contribution in [2.45, 2.75) is 18.7 Å². The van der Waals surface area contributed by atoms with Gasteiger partial charge < -0.3 is 5.32 Å². The lowest BCUT2D eigenvalue weighted by Gasteiger charge is -2.08. The van der Waals surface area contributed by atoms with Crippen LogP contribution in [0.25, 0.3) is 0 Å².